The van der Waals surface area contributed by atoms with E-state index in [1.54, 1.807) is 12.1 Å². The molecular formula is C16H7Cl3N2O4. The maximum Gasteiger partial charge on any atom is 0.363 e. The van der Waals surface area contributed by atoms with E-state index in [9.17, 15) is 14.9 Å². The molecule has 3 rings (SSSR count). The number of ether oxygens (including phenoxy) is 1. The minimum atomic E-state index is -0.682. The SMILES string of the molecule is O=C1OC(c2ccc(Cl)c(Cl)c2)=N/C1=C\c1ccc(Cl)c([N+](=O)[O-])c1. The molecule has 0 unspecified atom stereocenters. The van der Waals surface area contributed by atoms with Crippen LogP contribution in [-0.2, 0) is 9.53 Å². The van der Waals surface area contributed by atoms with E-state index >= 15 is 0 Å². The van der Waals surface area contributed by atoms with Crippen molar-refractivity contribution in [3.8, 4) is 0 Å². The van der Waals surface area contributed by atoms with Crippen LogP contribution in [0.5, 0.6) is 0 Å². The average molecular weight is 398 g/mol. The van der Waals surface area contributed by atoms with Crippen molar-refractivity contribution in [1.82, 2.24) is 0 Å². The van der Waals surface area contributed by atoms with Crippen molar-refractivity contribution in [2.24, 2.45) is 4.99 Å². The summed E-state index contributed by atoms with van der Waals surface area (Å²) in [4.78, 5) is 26.4. The smallest absolute Gasteiger partial charge is 0.363 e. The number of aliphatic imine (C=N–C) groups is 1. The highest BCUT2D eigenvalue weighted by Crippen LogP contribution is 2.28. The molecule has 0 aliphatic carbocycles. The van der Waals surface area contributed by atoms with Gasteiger partial charge in [-0.25, -0.2) is 9.79 Å². The third kappa shape index (κ3) is 3.66. The van der Waals surface area contributed by atoms with Crippen molar-refractivity contribution in [2.45, 2.75) is 0 Å². The van der Waals surface area contributed by atoms with Gasteiger partial charge < -0.3 is 4.74 Å². The first-order valence-electron chi connectivity index (χ1n) is 6.77. The monoisotopic (exact) mass is 396 g/mol. The van der Waals surface area contributed by atoms with Gasteiger partial charge in [-0.05, 0) is 35.9 Å². The van der Waals surface area contributed by atoms with Gasteiger partial charge in [0.25, 0.3) is 5.69 Å². The van der Waals surface area contributed by atoms with Crippen molar-refractivity contribution in [2.75, 3.05) is 0 Å². The molecule has 6 nitrogen and oxygen atoms in total. The zero-order valence-corrected chi connectivity index (χ0v) is 14.5. The summed E-state index contributed by atoms with van der Waals surface area (Å²) < 4.78 is 5.11. The summed E-state index contributed by atoms with van der Waals surface area (Å²) >= 11 is 17.5. The summed E-state index contributed by atoms with van der Waals surface area (Å²) in [6.07, 6.45) is 1.37. The average Bonchev–Trinajstić information content (AvgIpc) is 2.92. The van der Waals surface area contributed by atoms with Crippen LogP contribution >= 0.6 is 34.8 Å². The lowest BCUT2D eigenvalue weighted by molar-refractivity contribution is -0.384. The second kappa shape index (κ2) is 6.84. The van der Waals surface area contributed by atoms with Crippen molar-refractivity contribution in [3.05, 3.63) is 78.4 Å². The first-order chi connectivity index (χ1) is 11.8. The Hall–Kier alpha value is -2.41. The van der Waals surface area contributed by atoms with Crippen molar-refractivity contribution in [1.29, 1.82) is 0 Å². The summed E-state index contributed by atoms with van der Waals surface area (Å²) in [6, 6.07) is 8.83. The van der Waals surface area contributed by atoms with Crippen molar-refractivity contribution >= 4 is 58.4 Å². The van der Waals surface area contributed by atoms with Crippen LogP contribution in [0.15, 0.2) is 47.1 Å². The Morgan fingerprint density at radius 3 is 2.44 bits per heavy atom. The minimum absolute atomic E-state index is 0.00106. The molecular weight excluding hydrogens is 391 g/mol. The van der Waals surface area contributed by atoms with Gasteiger partial charge in [-0.2, -0.15) is 0 Å². The number of nitro groups is 1. The van der Waals surface area contributed by atoms with Gasteiger partial charge in [-0.15, -0.1) is 0 Å². The normalized spacial score (nSPS) is 15.2. The molecule has 25 heavy (non-hydrogen) atoms. The number of nitro benzene ring substituents is 1. The van der Waals surface area contributed by atoms with Gasteiger partial charge >= 0.3 is 5.97 Å². The van der Waals surface area contributed by atoms with Gasteiger partial charge in [0, 0.05) is 11.6 Å². The Morgan fingerprint density at radius 2 is 1.76 bits per heavy atom. The van der Waals surface area contributed by atoms with E-state index < -0.39 is 10.9 Å². The number of hydrogen-bond acceptors (Lipinski definition) is 5. The first kappa shape index (κ1) is 17.4. The molecule has 0 saturated carbocycles. The summed E-state index contributed by atoms with van der Waals surface area (Å²) in [7, 11) is 0. The number of carbonyl (C=O) groups is 1. The van der Waals surface area contributed by atoms with Crippen LogP contribution in [0.25, 0.3) is 6.08 Å². The molecule has 0 aromatic heterocycles. The van der Waals surface area contributed by atoms with Gasteiger partial charge in [-0.1, -0.05) is 40.9 Å². The van der Waals surface area contributed by atoms with E-state index in [-0.39, 0.29) is 22.3 Å². The van der Waals surface area contributed by atoms with Crippen LogP contribution in [0.3, 0.4) is 0 Å². The zero-order valence-electron chi connectivity index (χ0n) is 12.2. The summed E-state index contributed by atoms with van der Waals surface area (Å²) in [5.41, 5.74) is 0.601. The lowest BCUT2D eigenvalue weighted by Crippen LogP contribution is -2.05. The second-order valence-corrected chi connectivity index (χ2v) is 6.15. The number of hydrogen-bond donors (Lipinski definition) is 0. The molecule has 0 radical (unpaired) electrons. The van der Waals surface area contributed by atoms with Crippen LogP contribution in [0.1, 0.15) is 11.1 Å². The maximum atomic E-state index is 12.0. The molecule has 2 aromatic carbocycles. The number of halogens is 3. The van der Waals surface area contributed by atoms with Crippen molar-refractivity contribution in [3.63, 3.8) is 0 Å². The fraction of sp³-hybridized carbons (Fsp3) is 0. The van der Waals surface area contributed by atoms with Crippen LogP contribution in [-0.4, -0.2) is 16.8 Å². The van der Waals surface area contributed by atoms with Crippen LogP contribution in [0.2, 0.25) is 15.1 Å². The quantitative estimate of drug-likeness (QED) is 0.319. The highest BCUT2D eigenvalue weighted by atomic mass is 35.5. The molecule has 0 amide bonds. The molecule has 1 aliphatic heterocycles. The lowest BCUT2D eigenvalue weighted by atomic mass is 10.1. The second-order valence-electron chi connectivity index (χ2n) is 4.93. The van der Waals surface area contributed by atoms with E-state index in [4.69, 9.17) is 39.5 Å². The van der Waals surface area contributed by atoms with Crippen LogP contribution in [0.4, 0.5) is 5.69 Å². The maximum absolute atomic E-state index is 12.0. The molecule has 2 aromatic rings. The molecule has 0 atom stereocenters. The van der Waals surface area contributed by atoms with E-state index in [0.717, 1.165) is 0 Å². The molecule has 0 saturated heterocycles. The standard InChI is InChI=1S/C16H7Cl3N2O4/c17-10-4-2-9(7-12(10)19)15-20-13(16(22)25-15)5-8-1-3-11(18)14(6-8)21(23)24/h1-7H/b13-5-. The fourth-order valence-electron chi connectivity index (χ4n) is 2.08. The predicted octanol–water partition coefficient (Wildman–Crippen LogP) is 4.90. The molecule has 0 N–H and O–H groups in total. The van der Waals surface area contributed by atoms with Gasteiger partial charge in [0.1, 0.15) is 5.02 Å². The number of esters is 1. The van der Waals surface area contributed by atoms with E-state index in [1.807, 2.05) is 0 Å². The molecule has 126 valence electrons. The molecule has 0 bridgehead atoms. The molecule has 0 spiro atoms. The first-order valence-corrected chi connectivity index (χ1v) is 7.90. The Bertz CT molecular complexity index is 970. The molecule has 1 aliphatic rings. The van der Waals surface area contributed by atoms with Gasteiger partial charge in [0.2, 0.25) is 5.90 Å². The largest absolute Gasteiger partial charge is 0.402 e. The van der Waals surface area contributed by atoms with Gasteiger partial charge in [-0.3, -0.25) is 10.1 Å². The van der Waals surface area contributed by atoms with Crippen LogP contribution in [0, 0.1) is 10.1 Å². The summed E-state index contributed by atoms with van der Waals surface area (Å²) in [5, 5.41) is 11.6. The lowest BCUT2D eigenvalue weighted by Gasteiger charge is -2.01. The summed E-state index contributed by atoms with van der Waals surface area (Å²) in [6.45, 7) is 0. The fourth-order valence-corrected chi connectivity index (χ4v) is 2.56. The van der Waals surface area contributed by atoms with Gasteiger partial charge in [0.15, 0.2) is 5.70 Å². The predicted molar refractivity (Wildman–Crippen MR) is 95.2 cm³/mol. The number of rotatable bonds is 3. The van der Waals surface area contributed by atoms with E-state index in [0.29, 0.717) is 21.2 Å². The third-order valence-corrected chi connectivity index (χ3v) is 4.32. The topological polar surface area (TPSA) is 81.8 Å². The van der Waals surface area contributed by atoms with Crippen molar-refractivity contribution < 1.29 is 14.5 Å². The number of benzene rings is 2. The third-order valence-electron chi connectivity index (χ3n) is 3.26. The molecule has 9 heteroatoms. The Kier molecular flexibility index (Phi) is 4.76. The summed E-state index contributed by atoms with van der Waals surface area (Å²) in [5.74, 6) is -0.614. The minimum Gasteiger partial charge on any atom is -0.402 e. The number of cyclic esters (lactones) is 1. The van der Waals surface area contributed by atoms with E-state index in [1.165, 1.54) is 30.3 Å². The van der Waals surface area contributed by atoms with Gasteiger partial charge in [0.05, 0.1) is 15.0 Å². The Morgan fingerprint density at radius 1 is 1.04 bits per heavy atom. The van der Waals surface area contributed by atoms with E-state index in [2.05, 4.69) is 4.99 Å². The highest BCUT2D eigenvalue weighted by Gasteiger charge is 2.25. The molecule has 0 fully saturated rings. The molecule has 1 heterocycles. The zero-order chi connectivity index (χ0) is 18.1. The van der Waals surface area contributed by atoms with Crippen LogP contribution < -0.4 is 0 Å². The highest BCUT2D eigenvalue weighted by molar-refractivity contribution is 6.42. The Balaban J connectivity index is 1.97. The Labute approximate surface area is 156 Å². The number of nitrogens with zero attached hydrogens (tertiary/aromatic N) is 2. The number of carbonyl (C=O) groups excluding carboxylic acids is 1.